The lowest BCUT2D eigenvalue weighted by Gasteiger charge is -2.17. The first kappa shape index (κ1) is 13.1. The summed E-state index contributed by atoms with van der Waals surface area (Å²) in [6, 6.07) is 3.60. The number of ether oxygens (including phenoxy) is 1. The molecular formula is C11H12O6. The molecule has 92 valence electrons. The van der Waals surface area contributed by atoms with Crippen molar-refractivity contribution in [3.05, 3.63) is 29.3 Å². The molecule has 0 aliphatic rings. The molecule has 1 aromatic rings. The van der Waals surface area contributed by atoms with Crippen LogP contribution in [0.5, 0.6) is 5.75 Å². The second-order valence-corrected chi connectivity index (χ2v) is 3.34. The maximum absolute atomic E-state index is 11.0. The number of aromatic hydroxyl groups is 1. The summed E-state index contributed by atoms with van der Waals surface area (Å²) in [6.45, 7) is 0. The normalized spacial score (nSPS) is 13.8. The van der Waals surface area contributed by atoms with Crippen molar-refractivity contribution < 1.29 is 29.6 Å². The van der Waals surface area contributed by atoms with E-state index in [-0.39, 0.29) is 16.9 Å². The van der Waals surface area contributed by atoms with Gasteiger partial charge in [0.15, 0.2) is 12.4 Å². The predicted molar refractivity (Wildman–Crippen MR) is 56.5 cm³/mol. The summed E-state index contributed by atoms with van der Waals surface area (Å²) in [5.41, 5.74) is 0.0242. The Balaban J connectivity index is 3.07. The largest absolute Gasteiger partial charge is 0.508 e. The van der Waals surface area contributed by atoms with Crippen LogP contribution in [0.1, 0.15) is 22.0 Å². The number of carbonyl (C=O) groups is 2. The van der Waals surface area contributed by atoms with Gasteiger partial charge in [-0.15, -0.1) is 0 Å². The van der Waals surface area contributed by atoms with Crippen LogP contribution in [-0.2, 0) is 9.53 Å². The quantitative estimate of drug-likeness (QED) is 0.496. The third-order valence-electron chi connectivity index (χ3n) is 2.26. The first-order chi connectivity index (χ1) is 8.01. The van der Waals surface area contributed by atoms with Gasteiger partial charge in [-0.2, -0.15) is 0 Å². The molecule has 0 aliphatic heterocycles. The number of benzene rings is 1. The molecule has 0 saturated carbocycles. The van der Waals surface area contributed by atoms with Gasteiger partial charge < -0.3 is 20.1 Å². The van der Waals surface area contributed by atoms with Gasteiger partial charge in [0.1, 0.15) is 11.9 Å². The van der Waals surface area contributed by atoms with Crippen molar-refractivity contribution in [2.75, 3.05) is 7.11 Å². The number of phenols is 1. The zero-order valence-corrected chi connectivity index (χ0v) is 9.03. The van der Waals surface area contributed by atoms with Crippen molar-refractivity contribution >= 4 is 12.3 Å². The Morgan fingerprint density at radius 2 is 2.06 bits per heavy atom. The van der Waals surface area contributed by atoms with Crippen molar-refractivity contribution in [1.82, 2.24) is 0 Å². The summed E-state index contributed by atoms with van der Waals surface area (Å²) in [4.78, 5) is 21.7. The fourth-order valence-electron chi connectivity index (χ4n) is 1.35. The zero-order valence-electron chi connectivity index (χ0n) is 9.03. The van der Waals surface area contributed by atoms with Crippen molar-refractivity contribution in [2.45, 2.75) is 12.2 Å². The van der Waals surface area contributed by atoms with E-state index in [4.69, 9.17) is 5.11 Å². The van der Waals surface area contributed by atoms with E-state index in [1.807, 2.05) is 0 Å². The number of aldehydes is 1. The van der Waals surface area contributed by atoms with Gasteiger partial charge in [-0.1, -0.05) is 6.07 Å². The lowest BCUT2D eigenvalue weighted by Crippen LogP contribution is -2.29. The van der Waals surface area contributed by atoms with E-state index in [0.717, 1.165) is 13.2 Å². The minimum Gasteiger partial charge on any atom is -0.508 e. The standard InChI is InChI=1S/C11H12O6/c1-17-11(16)10(15)9(14)8-3-2-7(13)4-6(8)5-12/h2-5,9-10,13-15H,1H3. The Labute approximate surface area is 97.1 Å². The Morgan fingerprint density at radius 1 is 1.41 bits per heavy atom. The molecule has 0 amide bonds. The van der Waals surface area contributed by atoms with Gasteiger partial charge in [0.05, 0.1) is 7.11 Å². The van der Waals surface area contributed by atoms with Crippen LogP contribution in [0.25, 0.3) is 0 Å². The minimum absolute atomic E-state index is 0.0135. The van der Waals surface area contributed by atoms with Gasteiger partial charge in [0.2, 0.25) is 0 Å². The highest BCUT2D eigenvalue weighted by Gasteiger charge is 2.28. The lowest BCUT2D eigenvalue weighted by atomic mass is 9.99. The van der Waals surface area contributed by atoms with Gasteiger partial charge in [-0.05, 0) is 17.7 Å². The molecule has 2 unspecified atom stereocenters. The molecule has 6 nitrogen and oxygen atoms in total. The van der Waals surface area contributed by atoms with E-state index in [0.29, 0.717) is 6.29 Å². The number of aliphatic hydroxyl groups is 2. The van der Waals surface area contributed by atoms with Crippen LogP contribution in [0.3, 0.4) is 0 Å². The molecule has 1 aromatic carbocycles. The van der Waals surface area contributed by atoms with Crippen LogP contribution in [0.15, 0.2) is 18.2 Å². The number of esters is 1. The van der Waals surface area contributed by atoms with Crippen LogP contribution in [0.2, 0.25) is 0 Å². The van der Waals surface area contributed by atoms with E-state index in [1.54, 1.807) is 0 Å². The first-order valence-corrected chi connectivity index (χ1v) is 4.73. The smallest absolute Gasteiger partial charge is 0.337 e. The van der Waals surface area contributed by atoms with E-state index in [9.17, 15) is 19.8 Å². The van der Waals surface area contributed by atoms with Crippen molar-refractivity contribution in [3.8, 4) is 5.75 Å². The average molecular weight is 240 g/mol. The topological polar surface area (TPSA) is 104 Å². The maximum atomic E-state index is 11.0. The third-order valence-corrected chi connectivity index (χ3v) is 2.26. The average Bonchev–Trinajstić information content (AvgIpc) is 2.35. The van der Waals surface area contributed by atoms with E-state index in [2.05, 4.69) is 4.74 Å². The lowest BCUT2D eigenvalue weighted by molar-refractivity contribution is -0.156. The molecule has 1 rings (SSSR count). The maximum Gasteiger partial charge on any atom is 0.337 e. The number of rotatable bonds is 4. The fraction of sp³-hybridized carbons (Fsp3) is 0.273. The molecule has 3 N–H and O–H groups in total. The Hall–Kier alpha value is -1.92. The third kappa shape index (κ3) is 2.80. The number of methoxy groups -OCH3 is 1. The van der Waals surface area contributed by atoms with E-state index >= 15 is 0 Å². The molecule has 0 radical (unpaired) electrons. The molecule has 0 fully saturated rings. The molecule has 0 saturated heterocycles. The summed E-state index contributed by atoms with van der Waals surface area (Å²) in [5, 5.41) is 28.3. The molecule has 0 aliphatic carbocycles. The second-order valence-electron chi connectivity index (χ2n) is 3.34. The van der Waals surface area contributed by atoms with Crippen LogP contribution in [0, 0.1) is 0 Å². The summed E-state index contributed by atoms with van der Waals surface area (Å²) in [6.07, 6.45) is -2.98. The molecule has 2 atom stereocenters. The highest BCUT2D eigenvalue weighted by atomic mass is 16.5. The molecular weight excluding hydrogens is 228 g/mol. The highest BCUT2D eigenvalue weighted by molar-refractivity contribution is 5.80. The van der Waals surface area contributed by atoms with Crippen molar-refractivity contribution in [3.63, 3.8) is 0 Å². The number of phenolic OH excluding ortho intramolecular Hbond substituents is 1. The van der Waals surface area contributed by atoms with Crippen molar-refractivity contribution in [2.24, 2.45) is 0 Å². The van der Waals surface area contributed by atoms with Crippen molar-refractivity contribution in [1.29, 1.82) is 0 Å². The monoisotopic (exact) mass is 240 g/mol. The molecule has 0 aromatic heterocycles. The van der Waals surface area contributed by atoms with Gasteiger partial charge in [0, 0.05) is 5.56 Å². The van der Waals surface area contributed by atoms with Crippen LogP contribution < -0.4 is 0 Å². The molecule has 0 bridgehead atoms. The number of aliphatic hydroxyl groups excluding tert-OH is 2. The molecule has 0 spiro atoms. The minimum atomic E-state index is -1.79. The highest BCUT2D eigenvalue weighted by Crippen LogP contribution is 2.24. The SMILES string of the molecule is COC(=O)C(O)C(O)c1ccc(O)cc1C=O. The number of hydrogen-bond donors (Lipinski definition) is 3. The summed E-state index contributed by atoms with van der Waals surface area (Å²) in [7, 11) is 1.07. The molecule has 6 heteroatoms. The Bertz CT molecular complexity index is 428. The Morgan fingerprint density at radius 3 is 2.59 bits per heavy atom. The van der Waals surface area contributed by atoms with Gasteiger partial charge >= 0.3 is 5.97 Å². The van der Waals surface area contributed by atoms with Gasteiger partial charge in [-0.3, -0.25) is 4.79 Å². The van der Waals surface area contributed by atoms with Crippen LogP contribution in [0.4, 0.5) is 0 Å². The zero-order chi connectivity index (χ0) is 13.0. The Kier molecular flexibility index (Phi) is 4.19. The summed E-state index contributed by atoms with van der Waals surface area (Å²) in [5.74, 6) is -1.17. The first-order valence-electron chi connectivity index (χ1n) is 4.73. The van der Waals surface area contributed by atoms with E-state index < -0.39 is 18.2 Å². The second kappa shape index (κ2) is 5.42. The number of hydrogen-bond acceptors (Lipinski definition) is 6. The summed E-state index contributed by atoms with van der Waals surface area (Å²) < 4.78 is 4.27. The van der Waals surface area contributed by atoms with Crippen LogP contribution in [-0.4, -0.2) is 40.8 Å². The number of carbonyl (C=O) groups excluding carboxylic acids is 2. The fourth-order valence-corrected chi connectivity index (χ4v) is 1.35. The van der Waals surface area contributed by atoms with Crippen LogP contribution >= 0.6 is 0 Å². The summed E-state index contributed by atoms with van der Waals surface area (Å²) >= 11 is 0. The predicted octanol–water partition coefficient (Wildman–Crippen LogP) is -0.228. The molecule has 17 heavy (non-hydrogen) atoms. The molecule has 0 heterocycles. The van der Waals surface area contributed by atoms with E-state index in [1.165, 1.54) is 12.1 Å². The van der Waals surface area contributed by atoms with Gasteiger partial charge in [0.25, 0.3) is 0 Å². The van der Waals surface area contributed by atoms with Gasteiger partial charge in [-0.25, -0.2) is 4.79 Å².